The Bertz CT molecular complexity index is 311. The van der Waals surface area contributed by atoms with Crippen molar-refractivity contribution in [2.24, 2.45) is 5.11 Å². The van der Waals surface area contributed by atoms with Crippen LogP contribution in [0.2, 0.25) is 0 Å². The van der Waals surface area contributed by atoms with E-state index in [1.54, 1.807) is 0 Å². The maximum absolute atomic E-state index is 8.09. The Morgan fingerprint density at radius 2 is 1.83 bits per heavy atom. The molecule has 0 unspecified atom stereocenters. The molecule has 5 heteroatoms. The normalized spacial score (nSPS) is 9.17. The predicted octanol–water partition coefficient (Wildman–Crippen LogP) is 3.07. The highest BCUT2D eigenvalue weighted by molar-refractivity contribution is 7.81. The first kappa shape index (κ1) is 9.32. The molecule has 0 amide bonds. The molecule has 0 aliphatic carbocycles. The molecule has 0 saturated carbocycles. The van der Waals surface area contributed by atoms with E-state index < -0.39 is 0 Å². The van der Waals surface area contributed by atoms with Gasteiger partial charge in [-0.2, -0.15) is 0 Å². The second-order valence-corrected chi connectivity index (χ2v) is 3.28. The van der Waals surface area contributed by atoms with Gasteiger partial charge in [0.25, 0.3) is 0 Å². The second-order valence-electron chi connectivity index (χ2n) is 2.25. The first-order valence-corrected chi connectivity index (χ1v) is 4.14. The Kier molecular flexibility index (Phi) is 3.34. The summed E-state index contributed by atoms with van der Waals surface area (Å²) in [5.41, 5.74) is 9.01. The van der Waals surface area contributed by atoms with Crippen LogP contribution in [0.25, 0.3) is 10.4 Å². The zero-order valence-electron chi connectivity index (χ0n) is 6.18. The minimum absolute atomic E-state index is 0.346. The first-order valence-electron chi connectivity index (χ1n) is 3.25. The van der Waals surface area contributed by atoms with Crippen molar-refractivity contribution in [3.63, 3.8) is 0 Å². The number of benzene rings is 1. The molecule has 0 fully saturated rings. The molecule has 0 aliphatic heterocycles. The fourth-order valence-corrected chi connectivity index (χ4v) is 1.57. The quantitative estimate of drug-likeness (QED) is 0.317. The summed E-state index contributed by atoms with van der Waals surface area (Å²) < 4.78 is 0. The molecule has 1 rings (SSSR count). The van der Waals surface area contributed by atoms with Crippen molar-refractivity contribution < 1.29 is 0 Å². The van der Waals surface area contributed by atoms with Crippen LogP contribution < -0.4 is 0 Å². The summed E-state index contributed by atoms with van der Waals surface area (Å²) in [6.45, 7) is 0.346. The van der Waals surface area contributed by atoms with Gasteiger partial charge in [-0.1, -0.05) is 5.11 Å². The zero-order valence-corrected chi connectivity index (χ0v) is 7.96. The van der Waals surface area contributed by atoms with E-state index in [-0.39, 0.29) is 0 Å². The molecule has 0 bridgehead atoms. The highest BCUT2D eigenvalue weighted by Crippen LogP contribution is 2.16. The molecule has 0 aliphatic rings. The number of thiol groups is 2. The van der Waals surface area contributed by atoms with E-state index in [4.69, 9.17) is 5.53 Å². The Balaban J connectivity index is 2.92. The van der Waals surface area contributed by atoms with Crippen LogP contribution in [-0.2, 0) is 6.54 Å². The van der Waals surface area contributed by atoms with Crippen LogP contribution >= 0.6 is 25.3 Å². The molecule has 0 heterocycles. The topological polar surface area (TPSA) is 48.8 Å². The summed E-state index contributed by atoms with van der Waals surface area (Å²) in [7, 11) is 0. The molecular weight excluding hydrogens is 190 g/mol. The molecule has 0 aromatic heterocycles. The van der Waals surface area contributed by atoms with Gasteiger partial charge in [0.15, 0.2) is 0 Å². The van der Waals surface area contributed by atoms with Crippen molar-refractivity contribution in [2.75, 3.05) is 0 Å². The second kappa shape index (κ2) is 4.30. The monoisotopic (exact) mass is 197 g/mol. The van der Waals surface area contributed by atoms with E-state index in [2.05, 4.69) is 35.3 Å². The average Bonchev–Trinajstić information content (AvgIpc) is 1.99. The summed E-state index contributed by atoms with van der Waals surface area (Å²) in [6.07, 6.45) is 0. The molecule has 1 aromatic rings. The van der Waals surface area contributed by atoms with Gasteiger partial charge in [0.05, 0.1) is 6.54 Å². The lowest BCUT2D eigenvalue weighted by atomic mass is 10.2. The van der Waals surface area contributed by atoms with E-state index in [1.165, 1.54) is 0 Å². The lowest BCUT2D eigenvalue weighted by Gasteiger charge is -1.99. The number of rotatable bonds is 2. The van der Waals surface area contributed by atoms with Gasteiger partial charge in [-0.25, -0.2) is 0 Å². The van der Waals surface area contributed by atoms with Crippen LogP contribution in [0.4, 0.5) is 0 Å². The van der Waals surface area contributed by atoms with E-state index in [9.17, 15) is 0 Å². The maximum atomic E-state index is 8.09. The van der Waals surface area contributed by atoms with Crippen molar-refractivity contribution >= 4 is 25.3 Å². The Morgan fingerprint density at radius 1 is 1.25 bits per heavy atom. The lowest BCUT2D eigenvalue weighted by Crippen LogP contribution is -1.80. The van der Waals surface area contributed by atoms with E-state index in [0.29, 0.717) is 6.54 Å². The van der Waals surface area contributed by atoms with Gasteiger partial charge in [0.2, 0.25) is 0 Å². The van der Waals surface area contributed by atoms with Crippen LogP contribution in [0.15, 0.2) is 33.1 Å². The molecule has 0 atom stereocenters. The van der Waals surface area contributed by atoms with Crippen molar-refractivity contribution in [1.29, 1.82) is 0 Å². The minimum atomic E-state index is 0.346. The number of azide groups is 1. The van der Waals surface area contributed by atoms with Crippen LogP contribution in [0.5, 0.6) is 0 Å². The van der Waals surface area contributed by atoms with E-state index in [1.807, 2.05) is 18.2 Å². The van der Waals surface area contributed by atoms with Gasteiger partial charge >= 0.3 is 0 Å². The molecular formula is C7H7N3S2. The number of hydrogen-bond donors (Lipinski definition) is 2. The Labute approximate surface area is 81.2 Å². The first-order chi connectivity index (χ1) is 5.72. The van der Waals surface area contributed by atoms with Crippen LogP contribution in [0.1, 0.15) is 5.56 Å². The summed E-state index contributed by atoms with van der Waals surface area (Å²) in [5.74, 6) is 0. The van der Waals surface area contributed by atoms with Crippen LogP contribution in [0.3, 0.4) is 0 Å². The van der Waals surface area contributed by atoms with Crippen LogP contribution in [0, 0.1) is 0 Å². The molecule has 62 valence electrons. The summed E-state index contributed by atoms with van der Waals surface area (Å²) in [5, 5.41) is 3.44. The zero-order chi connectivity index (χ0) is 8.97. The molecule has 0 radical (unpaired) electrons. The van der Waals surface area contributed by atoms with E-state index >= 15 is 0 Å². The Hall–Kier alpha value is -0.770. The molecule has 12 heavy (non-hydrogen) atoms. The fourth-order valence-electron chi connectivity index (χ4n) is 0.861. The third kappa shape index (κ3) is 2.70. The molecule has 1 aromatic carbocycles. The molecule has 0 saturated heterocycles. The van der Waals surface area contributed by atoms with Gasteiger partial charge in [-0.15, -0.1) is 25.3 Å². The van der Waals surface area contributed by atoms with Gasteiger partial charge in [0, 0.05) is 14.7 Å². The van der Waals surface area contributed by atoms with E-state index in [0.717, 1.165) is 15.4 Å². The fraction of sp³-hybridized carbons (Fsp3) is 0.143. The third-order valence-corrected chi connectivity index (χ3v) is 1.80. The van der Waals surface area contributed by atoms with Crippen LogP contribution in [-0.4, -0.2) is 0 Å². The highest BCUT2D eigenvalue weighted by atomic mass is 32.1. The van der Waals surface area contributed by atoms with Crippen molar-refractivity contribution in [2.45, 2.75) is 16.3 Å². The van der Waals surface area contributed by atoms with Crippen molar-refractivity contribution in [3.8, 4) is 0 Å². The lowest BCUT2D eigenvalue weighted by molar-refractivity contribution is 1.03. The number of hydrogen-bond acceptors (Lipinski definition) is 3. The summed E-state index contributed by atoms with van der Waals surface area (Å²) in [4.78, 5) is 4.31. The largest absolute Gasteiger partial charge is 0.143 e. The molecule has 0 spiro atoms. The predicted molar refractivity (Wildman–Crippen MR) is 53.8 cm³/mol. The summed E-state index contributed by atoms with van der Waals surface area (Å²) >= 11 is 8.32. The number of nitrogens with zero attached hydrogens (tertiary/aromatic N) is 3. The van der Waals surface area contributed by atoms with Gasteiger partial charge < -0.3 is 0 Å². The van der Waals surface area contributed by atoms with Crippen molar-refractivity contribution in [3.05, 3.63) is 34.2 Å². The summed E-state index contributed by atoms with van der Waals surface area (Å²) in [6, 6.07) is 5.51. The minimum Gasteiger partial charge on any atom is -0.143 e. The third-order valence-electron chi connectivity index (χ3n) is 1.28. The van der Waals surface area contributed by atoms with Crippen molar-refractivity contribution in [1.82, 2.24) is 0 Å². The molecule has 0 N–H and O–H groups in total. The average molecular weight is 197 g/mol. The maximum Gasteiger partial charge on any atom is 0.0511 e. The van der Waals surface area contributed by atoms with Gasteiger partial charge in [0.1, 0.15) is 0 Å². The smallest absolute Gasteiger partial charge is 0.0511 e. The highest BCUT2D eigenvalue weighted by Gasteiger charge is 1.94. The standard InChI is InChI=1S/C7H7N3S2/c8-10-9-4-5-1-6(11)3-7(12)2-5/h1-3,11-12H,4H2. The Morgan fingerprint density at radius 3 is 2.33 bits per heavy atom. The molecule has 3 nitrogen and oxygen atoms in total. The van der Waals surface area contributed by atoms with Gasteiger partial charge in [-0.3, -0.25) is 0 Å². The SMILES string of the molecule is [N-]=[N+]=NCc1cc(S)cc(S)c1. The van der Waals surface area contributed by atoms with Gasteiger partial charge in [-0.05, 0) is 29.3 Å².